The molecular weight excluding hydrogens is 207 g/mol. The predicted molar refractivity (Wildman–Crippen MR) is 60.2 cm³/mol. The second kappa shape index (κ2) is 5.25. The summed E-state index contributed by atoms with van der Waals surface area (Å²) in [7, 11) is 2.12. The van der Waals surface area contributed by atoms with Crippen LogP contribution in [0.15, 0.2) is 18.3 Å². The normalized spacial score (nSPS) is 21.2. The highest BCUT2D eigenvalue weighted by Gasteiger charge is 2.21. The average molecular weight is 224 g/mol. The number of ether oxygens (including phenoxy) is 1. The van der Waals surface area contributed by atoms with Crippen molar-refractivity contribution in [2.24, 2.45) is 0 Å². The van der Waals surface area contributed by atoms with Gasteiger partial charge in [-0.1, -0.05) is 0 Å². The van der Waals surface area contributed by atoms with Crippen LogP contribution in [0, 0.1) is 0 Å². The van der Waals surface area contributed by atoms with E-state index < -0.39 is 6.67 Å². The number of hydrogen-bond acceptors (Lipinski definition) is 3. The molecule has 4 heteroatoms. The van der Waals surface area contributed by atoms with Gasteiger partial charge in [0, 0.05) is 6.04 Å². The fourth-order valence-corrected chi connectivity index (χ4v) is 1.96. The Labute approximate surface area is 95.2 Å². The largest absolute Gasteiger partial charge is 0.490 e. The van der Waals surface area contributed by atoms with E-state index in [0.29, 0.717) is 18.3 Å². The molecule has 0 bridgehead atoms. The van der Waals surface area contributed by atoms with Crippen molar-refractivity contribution in [1.29, 1.82) is 0 Å². The quantitative estimate of drug-likeness (QED) is 0.782. The molecule has 16 heavy (non-hydrogen) atoms. The van der Waals surface area contributed by atoms with E-state index in [-0.39, 0.29) is 0 Å². The molecule has 1 aliphatic heterocycles. The highest BCUT2D eigenvalue weighted by Crippen LogP contribution is 2.17. The summed E-state index contributed by atoms with van der Waals surface area (Å²) in [4.78, 5) is 6.26. The Balaban J connectivity index is 1.84. The first-order valence-corrected chi connectivity index (χ1v) is 5.63. The lowest BCUT2D eigenvalue weighted by Gasteiger charge is -2.19. The number of likely N-dealkylation sites (tertiary alicyclic amines) is 1. The molecule has 2 heterocycles. The van der Waals surface area contributed by atoms with Crippen molar-refractivity contribution in [3.8, 4) is 5.75 Å². The first kappa shape index (κ1) is 11.3. The SMILES string of the molecule is CN1CCC[C@H]1COc1ccc(CF)nc1. The van der Waals surface area contributed by atoms with Gasteiger partial charge >= 0.3 is 0 Å². The van der Waals surface area contributed by atoms with E-state index in [1.807, 2.05) is 0 Å². The zero-order chi connectivity index (χ0) is 11.4. The van der Waals surface area contributed by atoms with Crippen LogP contribution in [0.4, 0.5) is 4.39 Å². The zero-order valence-corrected chi connectivity index (χ0v) is 9.53. The molecule has 0 amide bonds. The Morgan fingerprint density at radius 2 is 2.44 bits per heavy atom. The standard InChI is InChI=1S/C12H17FN2O/c1-15-6-2-3-11(15)9-16-12-5-4-10(7-13)14-8-12/h4-5,8,11H,2-3,6-7,9H2,1H3/t11-/m0/s1. The summed E-state index contributed by atoms with van der Waals surface area (Å²) in [5.41, 5.74) is 0.449. The Hall–Kier alpha value is -1.16. The Kier molecular flexibility index (Phi) is 3.72. The summed E-state index contributed by atoms with van der Waals surface area (Å²) in [5.74, 6) is 0.720. The van der Waals surface area contributed by atoms with Crippen LogP contribution < -0.4 is 4.74 Å². The molecule has 1 atom stereocenters. The van der Waals surface area contributed by atoms with Crippen molar-refractivity contribution in [2.45, 2.75) is 25.6 Å². The molecule has 1 aromatic heterocycles. The Morgan fingerprint density at radius 3 is 3.00 bits per heavy atom. The Bertz CT molecular complexity index is 328. The van der Waals surface area contributed by atoms with Crippen LogP contribution in [0.1, 0.15) is 18.5 Å². The van der Waals surface area contributed by atoms with Gasteiger partial charge in [-0.25, -0.2) is 4.39 Å². The van der Waals surface area contributed by atoms with Crippen LogP contribution >= 0.6 is 0 Å². The number of aromatic nitrogens is 1. The minimum atomic E-state index is -0.522. The van der Waals surface area contributed by atoms with E-state index in [1.54, 1.807) is 18.3 Å². The fraction of sp³-hybridized carbons (Fsp3) is 0.583. The summed E-state index contributed by atoms with van der Waals surface area (Å²) in [6.07, 6.45) is 4.01. The third-order valence-corrected chi connectivity index (χ3v) is 3.05. The van der Waals surface area contributed by atoms with Crippen molar-refractivity contribution >= 4 is 0 Å². The molecule has 0 spiro atoms. The summed E-state index contributed by atoms with van der Waals surface area (Å²) in [6.45, 7) is 1.31. The number of alkyl halides is 1. The van der Waals surface area contributed by atoms with Gasteiger partial charge in [0.1, 0.15) is 19.0 Å². The summed E-state index contributed by atoms with van der Waals surface area (Å²) >= 11 is 0. The average Bonchev–Trinajstić information content (AvgIpc) is 2.73. The van der Waals surface area contributed by atoms with Gasteiger partial charge in [-0.2, -0.15) is 0 Å². The van der Waals surface area contributed by atoms with Crippen LogP contribution in [-0.4, -0.2) is 36.1 Å². The topological polar surface area (TPSA) is 25.4 Å². The van der Waals surface area contributed by atoms with Crippen molar-refractivity contribution < 1.29 is 9.13 Å². The van der Waals surface area contributed by atoms with Crippen LogP contribution in [0.5, 0.6) is 5.75 Å². The second-order valence-electron chi connectivity index (χ2n) is 4.21. The van der Waals surface area contributed by atoms with Gasteiger partial charge < -0.3 is 9.64 Å². The second-order valence-corrected chi connectivity index (χ2v) is 4.21. The molecule has 0 radical (unpaired) electrons. The third kappa shape index (κ3) is 2.70. The van der Waals surface area contributed by atoms with Gasteiger partial charge in [0.05, 0.1) is 11.9 Å². The fourth-order valence-electron chi connectivity index (χ4n) is 1.96. The molecule has 0 saturated carbocycles. The highest BCUT2D eigenvalue weighted by atomic mass is 19.1. The molecule has 3 nitrogen and oxygen atoms in total. The molecular formula is C12H17FN2O. The molecule has 88 valence electrons. The summed E-state index contributed by atoms with van der Waals surface area (Å²) in [6, 6.07) is 3.94. The maximum Gasteiger partial charge on any atom is 0.137 e. The molecule has 2 rings (SSSR count). The van der Waals surface area contributed by atoms with Crippen molar-refractivity contribution in [2.75, 3.05) is 20.2 Å². The smallest absolute Gasteiger partial charge is 0.137 e. The molecule has 1 fully saturated rings. The van der Waals surface area contributed by atoms with Crippen LogP contribution in [-0.2, 0) is 6.67 Å². The minimum absolute atomic E-state index is 0.449. The molecule has 0 N–H and O–H groups in total. The number of hydrogen-bond donors (Lipinski definition) is 0. The zero-order valence-electron chi connectivity index (χ0n) is 9.53. The van der Waals surface area contributed by atoms with Crippen LogP contribution in [0.25, 0.3) is 0 Å². The molecule has 0 aliphatic carbocycles. The molecule has 1 aromatic rings. The number of nitrogens with zero attached hydrogens (tertiary/aromatic N) is 2. The molecule has 1 saturated heterocycles. The van der Waals surface area contributed by atoms with E-state index in [9.17, 15) is 4.39 Å². The first-order chi connectivity index (χ1) is 7.79. The lowest BCUT2D eigenvalue weighted by Crippen LogP contribution is -2.30. The van der Waals surface area contributed by atoms with Crippen molar-refractivity contribution in [3.05, 3.63) is 24.0 Å². The number of likely N-dealkylation sites (N-methyl/N-ethyl adjacent to an activating group) is 1. The van der Waals surface area contributed by atoms with Gasteiger partial charge in [-0.05, 0) is 38.6 Å². The maximum absolute atomic E-state index is 12.2. The van der Waals surface area contributed by atoms with E-state index in [0.717, 1.165) is 12.3 Å². The van der Waals surface area contributed by atoms with E-state index in [4.69, 9.17) is 4.74 Å². The Morgan fingerprint density at radius 1 is 1.56 bits per heavy atom. The minimum Gasteiger partial charge on any atom is -0.490 e. The van der Waals surface area contributed by atoms with Gasteiger partial charge in [0.25, 0.3) is 0 Å². The summed E-state index contributed by atoms with van der Waals surface area (Å²) in [5, 5.41) is 0. The van der Waals surface area contributed by atoms with Gasteiger partial charge in [0.2, 0.25) is 0 Å². The van der Waals surface area contributed by atoms with Gasteiger partial charge in [-0.15, -0.1) is 0 Å². The third-order valence-electron chi connectivity index (χ3n) is 3.05. The summed E-state index contributed by atoms with van der Waals surface area (Å²) < 4.78 is 17.9. The maximum atomic E-state index is 12.2. The van der Waals surface area contributed by atoms with Crippen molar-refractivity contribution in [3.63, 3.8) is 0 Å². The van der Waals surface area contributed by atoms with E-state index >= 15 is 0 Å². The lowest BCUT2D eigenvalue weighted by atomic mass is 10.2. The van der Waals surface area contributed by atoms with Crippen LogP contribution in [0.2, 0.25) is 0 Å². The molecule has 1 aliphatic rings. The monoisotopic (exact) mass is 224 g/mol. The van der Waals surface area contributed by atoms with E-state index in [1.165, 1.54) is 12.8 Å². The lowest BCUT2D eigenvalue weighted by molar-refractivity contribution is 0.197. The van der Waals surface area contributed by atoms with Crippen molar-refractivity contribution in [1.82, 2.24) is 9.88 Å². The number of pyridine rings is 1. The number of rotatable bonds is 4. The first-order valence-electron chi connectivity index (χ1n) is 5.63. The van der Waals surface area contributed by atoms with Gasteiger partial charge in [-0.3, -0.25) is 4.98 Å². The van der Waals surface area contributed by atoms with Crippen LogP contribution in [0.3, 0.4) is 0 Å². The van der Waals surface area contributed by atoms with E-state index in [2.05, 4.69) is 16.9 Å². The predicted octanol–water partition coefficient (Wildman–Crippen LogP) is 2.02. The molecule has 0 unspecified atom stereocenters. The molecule has 0 aromatic carbocycles. The highest BCUT2D eigenvalue weighted by molar-refractivity contribution is 5.19. The number of halogens is 1. The van der Waals surface area contributed by atoms with Gasteiger partial charge in [0.15, 0.2) is 0 Å².